The molecule has 1 heterocycles. The molecule has 0 aliphatic carbocycles. The predicted molar refractivity (Wildman–Crippen MR) is 100 cm³/mol. The second-order valence-electron chi connectivity index (χ2n) is 5.97. The van der Waals surface area contributed by atoms with Crippen LogP contribution >= 0.6 is 0 Å². The number of H-pyrrole nitrogens is 1. The van der Waals surface area contributed by atoms with Crippen molar-refractivity contribution < 1.29 is 9.53 Å². The zero-order valence-electron chi connectivity index (χ0n) is 14.5. The van der Waals surface area contributed by atoms with Gasteiger partial charge in [0.05, 0.1) is 24.0 Å². The van der Waals surface area contributed by atoms with Crippen LogP contribution in [0.3, 0.4) is 0 Å². The van der Waals surface area contributed by atoms with Crippen molar-refractivity contribution in [1.82, 2.24) is 10.4 Å². The van der Waals surface area contributed by atoms with Gasteiger partial charge in [-0.25, -0.2) is 5.43 Å². The van der Waals surface area contributed by atoms with Crippen molar-refractivity contribution >= 4 is 23.0 Å². The van der Waals surface area contributed by atoms with Crippen molar-refractivity contribution in [3.63, 3.8) is 0 Å². The number of nitrogens with one attached hydrogen (secondary N) is 2. The van der Waals surface area contributed by atoms with Crippen LogP contribution in [0.5, 0.6) is 5.75 Å². The van der Waals surface area contributed by atoms with Crippen LogP contribution in [0.2, 0.25) is 0 Å². The molecule has 3 aromatic rings. The summed E-state index contributed by atoms with van der Waals surface area (Å²) in [6, 6.07) is 16.5. The third-order valence-electron chi connectivity index (χ3n) is 3.66. The van der Waals surface area contributed by atoms with Gasteiger partial charge in [-0.3, -0.25) is 4.79 Å². The van der Waals surface area contributed by atoms with Gasteiger partial charge in [0.1, 0.15) is 5.69 Å². The normalized spacial score (nSPS) is 11.0. The Balaban J connectivity index is 1.80. The van der Waals surface area contributed by atoms with Gasteiger partial charge in [0.25, 0.3) is 5.91 Å². The van der Waals surface area contributed by atoms with E-state index >= 15 is 0 Å². The Labute approximate surface area is 151 Å². The lowest BCUT2D eigenvalue weighted by atomic mass is 10.2. The SMILES string of the molecule is CC(C)Oc1c(C(=O)N/N=C\c2ccc(C#N)cc2)[nH]c2ccccc12. The summed E-state index contributed by atoms with van der Waals surface area (Å²) in [6.45, 7) is 3.82. The Bertz CT molecular complexity index is 995. The molecule has 0 radical (unpaired) electrons. The van der Waals surface area contributed by atoms with E-state index < -0.39 is 0 Å². The van der Waals surface area contributed by atoms with Crippen LogP contribution in [0.1, 0.15) is 35.5 Å². The molecule has 6 heteroatoms. The maximum Gasteiger partial charge on any atom is 0.291 e. The molecule has 1 amide bonds. The number of para-hydroxylation sites is 1. The molecule has 0 fully saturated rings. The summed E-state index contributed by atoms with van der Waals surface area (Å²) >= 11 is 0. The average Bonchev–Trinajstić information content (AvgIpc) is 3.00. The van der Waals surface area contributed by atoms with Crippen molar-refractivity contribution in [2.75, 3.05) is 0 Å². The van der Waals surface area contributed by atoms with Crippen LogP contribution in [0, 0.1) is 11.3 Å². The number of aromatic amines is 1. The van der Waals surface area contributed by atoms with Crippen LogP contribution in [0.15, 0.2) is 53.6 Å². The molecule has 0 atom stereocenters. The number of amides is 1. The summed E-state index contributed by atoms with van der Waals surface area (Å²) in [7, 11) is 0. The van der Waals surface area contributed by atoms with Gasteiger partial charge in [-0.1, -0.05) is 24.3 Å². The number of hydrogen-bond donors (Lipinski definition) is 2. The fourth-order valence-corrected chi connectivity index (χ4v) is 2.50. The summed E-state index contributed by atoms with van der Waals surface area (Å²) < 4.78 is 5.84. The minimum atomic E-state index is -0.387. The highest BCUT2D eigenvalue weighted by molar-refractivity contribution is 6.03. The van der Waals surface area contributed by atoms with Gasteiger partial charge in [-0.05, 0) is 43.7 Å². The Morgan fingerprint density at radius 3 is 2.65 bits per heavy atom. The van der Waals surface area contributed by atoms with E-state index in [1.54, 1.807) is 24.3 Å². The van der Waals surface area contributed by atoms with E-state index in [4.69, 9.17) is 10.00 Å². The number of aromatic nitrogens is 1. The first-order chi connectivity index (χ1) is 12.6. The minimum Gasteiger partial charge on any atom is -0.488 e. The van der Waals surface area contributed by atoms with Crippen LogP contribution in [0.25, 0.3) is 10.9 Å². The molecule has 0 unspecified atom stereocenters. The molecule has 0 aliphatic rings. The number of hydrazone groups is 1. The average molecular weight is 346 g/mol. The molecular formula is C20H18N4O2. The van der Waals surface area contributed by atoms with E-state index in [1.165, 1.54) is 6.21 Å². The molecule has 6 nitrogen and oxygen atoms in total. The molecular weight excluding hydrogens is 328 g/mol. The van der Waals surface area contributed by atoms with Crippen molar-refractivity contribution in [3.05, 3.63) is 65.4 Å². The molecule has 3 rings (SSSR count). The Morgan fingerprint density at radius 2 is 1.96 bits per heavy atom. The lowest BCUT2D eigenvalue weighted by Gasteiger charge is -2.10. The lowest BCUT2D eigenvalue weighted by molar-refractivity contribution is 0.0945. The quantitative estimate of drug-likeness (QED) is 0.546. The lowest BCUT2D eigenvalue weighted by Crippen LogP contribution is -2.20. The summed E-state index contributed by atoms with van der Waals surface area (Å²) in [5.74, 6) is 0.128. The molecule has 0 saturated heterocycles. The van der Waals surface area contributed by atoms with Crippen LogP contribution < -0.4 is 10.2 Å². The standard InChI is InChI=1S/C20H18N4O2/c1-13(2)26-19-16-5-3-4-6-17(16)23-18(19)20(25)24-22-12-15-9-7-14(11-21)8-10-15/h3-10,12-13,23H,1-2H3,(H,24,25)/b22-12-. The highest BCUT2D eigenvalue weighted by Crippen LogP contribution is 2.30. The molecule has 0 saturated carbocycles. The molecule has 0 spiro atoms. The van der Waals surface area contributed by atoms with Crippen molar-refractivity contribution in [2.24, 2.45) is 5.10 Å². The van der Waals surface area contributed by atoms with E-state index in [-0.39, 0.29) is 12.0 Å². The monoisotopic (exact) mass is 346 g/mol. The number of nitriles is 1. The van der Waals surface area contributed by atoms with Crippen LogP contribution in [0.4, 0.5) is 0 Å². The van der Waals surface area contributed by atoms with E-state index in [9.17, 15) is 4.79 Å². The number of benzene rings is 2. The fourth-order valence-electron chi connectivity index (χ4n) is 2.50. The number of ether oxygens (including phenoxy) is 1. The van der Waals surface area contributed by atoms with Gasteiger partial charge in [-0.2, -0.15) is 10.4 Å². The first-order valence-electron chi connectivity index (χ1n) is 8.19. The Morgan fingerprint density at radius 1 is 1.23 bits per heavy atom. The van der Waals surface area contributed by atoms with Crippen LogP contribution in [-0.4, -0.2) is 23.2 Å². The predicted octanol–water partition coefficient (Wildman–Crippen LogP) is 3.59. The second kappa shape index (κ2) is 7.53. The van der Waals surface area contributed by atoms with E-state index in [1.807, 2.05) is 38.1 Å². The molecule has 0 aliphatic heterocycles. The molecule has 1 aromatic heterocycles. The third-order valence-corrected chi connectivity index (χ3v) is 3.66. The van der Waals surface area contributed by atoms with Gasteiger partial charge in [0, 0.05) is 10.9 Å². The van der Waals surface area contributed by atoms with Gasteiger partial charge >= 0.3 is 0 Å². The van der Waals surface area contributed by atoms with Gasteiger partial charge in [0.15, 0.2) is 5.75 Å². The number of carbonyl (C=O) groups is 1. The zero-order valence-corrected chi connectivity index (χ0v) is 14.5. The van der Waals surface area contributed by atoms with Crippen LogP contribution in [-0.2, 0) is 0 Å². The van der Waals surface area contributed by atoms with E-state index in [2.05, 4.69) is 21.6 Å². The summed E-state index contributed by atoms with van der Waals surface area (Å²) in [5.41, 5.74) is 5.01. The maximum absolute atomic E-state index is 12.5. The number of rotatable bonds is 5. The largest absolute Gasteiger partial charge is 0.488 e. The minimum absolute atomic E-state index is 0.0668. The third kappa shape index (κ3) is 3.73. The zero-order chi connectivity index (χ0) is 18.5. The van der Waals surface area contributed by atoms with Gasteiger partial charge in [0.2, 0.25) is 0 Å². The van der Waals surface area contributed by atoms with E-state index in [0.29, 0.717) is 17.0 Å². The molecule has 2 N–H and O–H groups in total. The highest BCUT2D eigenvalue weighted by atomic mass is 16.5. The van der Waals surface area contributed by atoms with Crippen molar-refractivity contribution in [2.45, 2.75) is 20.0 Å². The molecule has 26 heavy (non-hydrogen) atoms. The number of hydrogen-bond acceptors (Lipinski definition) is 4. The maximum atomic E-state index is 12.5. The van der Waals surface area contributed by atoms with Crippen molar-refractivity contribution in [3.8, 4) is 11.8 Å². The van der Waals surface area contributed by atoms with Crippen molar-refractivity contribution in [1.29, 1.82) is 5.26 Å². The fraction of sp³-hybridized carbons (Fsp3) is 0.150. The van der Waals surface area contributed by atoms with Gasteiger partial charge < -0.3 is 9.72 Å². The molecule has 2 aromatic carbocycles. The Kier molecular flexibility index (Phi) is 4.99. The summed E-state index contributed by atoms with van der Waals surface area (Å²) in [4.78, 5) is 15.6. The first kappa shape index (κ1) is 17.2. The summed E-state index contributed by atoms with van der Waals surface area (Å²) in [6.07, 6.45) is 1.45. The van der Waals surface area contributed by atoms with E-state index in [0.717, 1.165) is 16.5 Å². The molecule has 130 valence electrons. The van der Waals surface area contributed by atoms with Gasteiger partial charge in [-0.15, -0.1) is 0 Å². The Hall–Kier alpha value is -3.59. The second-order valence-corrected chi connectivity index (χ2v) is 5.97. The number of carbonyl (C=O) groups excluding carboxylic acids is 1. The number of fused-ring (bicyclic) bond motifs is 1. The summed E-state index contributed by atoms with van der Waals surface area (Å²) in [5, 5.41) is 13.6. The topological polar surface area (TPSA) is 90.3 Å². The highest BCUT2D eigenvalue weighted by Gasteiger charge is 2.19. The number of nitrogens with zero attached hydrogens (tertiary/aromatic N) is 2. The molecule has 0 bridgehead atoms. The first-order valence-corrected chi connectivity index (χ1v) is 8.19. The smallest absolute Gasteiger partial charge is 0.291 e.